The van der Waals surface area contributed by atoms with Crippen molar-refractivity contribution in [3.8, 4) is 0 Å². The summed E-state index contributed by atoms with van der Waals surface area (Å²) < 4.78 is 1.92. The standard InChI is InChI=1S/C10H14N4S/c1-7(2)14-5-9(4-11-14)13-10-12-8(3)6-15-10/h4-7H,1-3H3,(H,12,13). The van der Waals surface area contributed by atoms with Crippen LogP contribution in [0.3, 0.4) is 0 Å². The second kappa shape index (κ2) is 4.02. The van der Waals surface area contributed by atoms with Crippen LogP contribution in [0.2, 0.25) is 0 Å². The molecule has 2 aromatic rings. The molecule has 0 saturated carbocycles. The van der Waals surface area contributed by atoms with Gasteiger partial charge in [0.2, 0.25) is 0 Å². The van der Waals surface area contributed by atoms with E-state index in [0.717, 1.165) is 16.5 Å². The molecule has 0 atom stereocenters. The van der Waals surface area contributed by atoms with E-state index in [4.69, 9.17) is 0 Å². The van der Waals surface area contributed by atoms with Gasteiger partial charge in [-0.1, -0.05) is 0 Å². The predicted octanol–water partition coefficient (Wildman–Crippen LogP) is 2.97. The molecule has 5 heteroatoms. The number of anilines is 2. The quantitative estimate of drug-likeness (QED) is 0.868. The van der Waals surface area contributed by atoms with E-state index in [1.807, 2.05) is 29.4 Å². The number of hydrogen-bond donors (Lipinski definition) is 1. The molecule has 0 aliphatic rings. The smallest absolute Gasteiger partial charge is 0.187 e. The second-order valence-electron chi connectivity index (χ2n) is 3.72. The molecule has 2 aromatic heterocycles. The van der Waals surface area contributed by atoms with E-state index < -0.39 is 0 Å². The van der Waals surface area contributed by atoms with E-state index in [-0.39, 0.29) is 0 Å². The van der Waals surface area contributed by atoms with E-state index in [0.29, 0.717) is 6.04 Å². The Bertz CT molecular complexity index is 444. The Labute approximate surface area is 93.0 Å². The predicted molar refractivity (Wildman–Crippen MR) is 62.7 cm³/mol. The Morgan fingerprint density at radius 3 is 2.80 bits per heavy atom. The van der Waals surface area contributed by atoms with Crippen molar-refractivity contribution in [2.45, 2.75) is 26.8 Å². The summed E-state index contributed by atoms with van der Waals surface area (Å²) in [5.41, 5.74) is 2.02. The lowest BCUT2D eigenvalue weighted by Gasteiger charge is -2.03. The summed E-state index contributed by atoms with van der Waals surface area (Å²) in [4.78, 5) is 4.33. The zero-order valence-electron chi connectivity index (χ0n) is 9.06. The monoisotopic (exact) mass is 222 g/mol. The average molecular weight is 222 g/mol. The van der Waals surface area contributed by atoms with Gasteiger partial charge in [-0.3, -0.25) is 4.68 Å². The van der Waals surface area contributed by atoms with Crippen molar-refractivity contribution < 1.29 is 0 Å². The fourth-order valence-corrected chi connectivity index (χ4v) is 1.93. The van der Waals surface area contributed by atoms with E-state index in [9.17, 15) is 0 Å². The number of thiazole rings is 1. The fourth-order valence-electron chi connectivity index (χ4n) is 1.22. The first-order valence-corrected chi connectivity index (χ1v) is 5.76. The third kappa shape index (κ3) is 2.36. The van der Waals surface area contributed by atoms with Gasteiger partial charge in [0.15, 0.2) is 5.13 Å². The summed E-state index contributed by atoms with van der Waals surface area (Å²) >= 11 is 1.60. The summed E-state index contributed by atoms with van der Waals surface area (Å²) in [6.45, 7) is 6.19. The van der Waals surface area contributed by atoms with Gasteiger partial charge in [-0.15, -0.1) is 11.3 Å². The van der Waals surface area contributed by atoms with Crippen LogP contribution in [0.5, 0.6) is 0 Å². The lowest BCUT2D eigenvalue weighted by atomic mass is 10.4. The number of nitrogens with zero attached hydrogens (tertiary/aromatic N) is 3. The maximum absolute atomic E-state index is 4.33. The van der Waals surface area contributed by atoms with Crippen LogP contribution in [0.4, 0.5) is 10.8 Å². The Balaban J connectivity index is 2.11. The molecule has 0 amide bonds. The summed E-state index contributed by atoms with van der Waals surface area (Å²) in [6, 6.07) is 0.388. The highest BCUT2D eigenvalue weighted by atomic mass is 32.1. The summed E-state index contributed by atoms with van der Waals surface area (Å²) in [6.07, 6.45) is 3.80. The fraction of sp³-hybridized carbons (Fsp3) is 0.400. The number of aryl methyl sites for hydroxylation is 1. The molecule has 0 aliphatic carbocycles. The molecule has 0 bridgehead atoms. The molecule has 0 unspecified atom stereocenters. The Kier molecular flexibility index (Phi) is 2.73. The highest BCUT2D eigenvalue weighted by Crippen LogP contribution is 2.20. The van der Waals surface area contributed by atoms with Crippen molar-refractivity contribution in [3.63, 3.8) is 0 Å². The Morgan fingerprint density at radius 1 is 1.47 bits per heavy atom. The zero-order chi connectivity index (χ0) is 10.8. The zero-order valence-corrected chi connectivity index (χ0v) is 9.88. The normalized spacial score (nSPS) is 10.9. The van der Waals surface area contributed by atoms with E-state index in [1.54, 1.807) is 11.3 Å². The van der Waals surface area contributed by atoms with Gasteiger partial charge in [0.25, 0.3) is 0 Å². The Hall–Kier alpha value is -1.36. The van der Waals surface area contributed by atoms with Crippen LogP contribution in [-0.2, 0) is 0 Å². The highest BCUT2D eigenvalue weighted by Gasteiger charge is 2.03. The number of rotatable bonds is 3. The van der Waals surface area contributed by atoms with Gasteiger partial charge in [-0.05, 0) is 20.8 Å². The maximum Gasteiger partial charge on any atom is 0.187 e. The van der Waals surface area contributed by atoms with Gasteiger partial charge in [0.1, 0.15) is 0 Å². The molecule has 15 heavy (non-hydrogen) atoms. The van der Waals surface area contributed by atoms with Crippen LogP contribution < -0.4 is 5.32 Å². The van der Waals surface area contributed by atoms with Gasteiger partial charge >= 0.3 is 0 Å². The third-order valence-corrected chi connectivity index (χ3v) is 2.88. The van der Waals surface area contributed by atoms with Crippen molar-refractivity contribution in [1.29, 1.82) is 0 Å². The highest BCUT2D eigenvalue weighted by molar-refractivity contribution is 7.13. The largest absolute Gasteiger partial charge is 0.329 e. The van der Waals surface area contributed by atoms with Crippen molar-refractivity contribution in [2.75, 3.05) is 5.32 Å². The maximum atomic E-state index is 4.33. The summed E-state index contributed by atoms with van der Waals surface area (Å²) in [5, 5.41) is 10.4. The first kappa shape index (κ1) is 10.2. The molecule has 0 radical (unpaired) electrons. The van der Waals surface area contributed by atoms with E-state index >= 15 is 0 Å². The van der Waals surface area contributed by atoms with Crippen molar-refractivity contribution in [3.05, 3.63) is 23.5 Å². The van der Waals surface area contributed by atoms with E-state index in [2.05, 4.69) is 29.2 Å². The molecule has 4 nitrogen and oxygen atoms in total. The van der Waals surface area contributed by atoms with Crippen LogP contribution in [0.25, 0.3) is 0 Å². The molecule has 2 rings (SSSR count). The van der Waals surface area contributed by atoms with Crippen molar-refractivity contribution in [1.82, 2.24) is 14.8 Å². The lowest BCUT2D eigenvalue weighted by Crippen LogP contribution is -1.99. The first-order valence-electron chi connectivity index (χ1n) is 4.88. The van der Waals surface area contributed by atoms with Crippen LogP contribution >= 0.6 is 11.3 Å². The minimum absolute atomic E-state index is 0.388. The van der Waals surface area contributed by atoms with Gasteiger partial charge in [-0.25, -0.2) is 4.98 Å². The van der Waals surface area contributed by atoms with Gasteiger partial charge in [0, 0.05) is 17.6 Å². The van der Waals surface area contributed by atoms with Crippen LogP contribution in [0.15, 0.2) is 17.8 Å². The molecule has 2 heterocycles. The summed E-state index contributed by atoms with van der Waals surface area (Å²) in [7, 11) is 0. The topological polar surface area (TPSA) is 42.7 Å². The number of nitrogens with one attached hydrogen (secondary N) is 1. The molecule has 0 spiro atoms. The third-order valence-electron chi connectivity index (χ3n) is 2.00. The van der Waals surface area contributed by atoms with Crippen LogP contribution in [-0.4, -0.2) is 14.8 Å². The van der Waals surface area contributed by atoms with Crippen LogP contribution in [0, 0.1) is 6.92 Å². The van der Waals surface area contributed by atoms with E-state index in [1.165, 1.54) is 0 Å². The van der Waals surface area contributed by atoms with Gasteiger partial charge in [0.05, 0.1) is 17.6 Å². The van der Waals surface area contributed by atoms with Crippen molar-refractivity contribution >= 4 is 22.2 Å². The molecule has 80 valence electrons. The van der Waals surface area contributed by atoms with Crippen LogP contribution in [0.1, 0.15) is 25.6 Å². The molecule has 0 aliphatic heterocycles. The second-order valence-corrected chi connectivity index (χ2v) is 4.58. The molecule has 0 aromatic carbocycles. The molecule has 0 fully saturated rings. The van der Waals surface area contributed by atoms with Gasteiger partial charge < -0.3 is 5.32 Å². The summed E-state index contributed by atoms with van der Waals surface area (Å²) in [5.74, 6) is 0. The molecule has 1 N–H and O–H groups in total. The van der Waals surface area contributed by atoms with Crippen molar-refractivity contribution in [2.24, 2.45) is 0 Å². The number of aromatic nitrogens is 3. The minimum atomic E-state index is 0.388. The Morgan fingerprint density at radius 2 is 2.27 bits per heavy atom. The molecule has 0 saturated heterocycles. The lowest BCUT2D eigenvalue weighted by molar-refractivity contribution is 0.532. The number of hydrogen-bond acceptors (Lipinski definition) is 4. The minimum Gasteiger partial charge on any atom is -0.329 e. The first-order chi connectivity index (χ1) is 7.15. The average Bonchev–Trinajstić information content (AvgIpc) is 2.76. The molecular formula is C10H14N4S. The SMILES string of the molecule is Cc1csc(Nc2cnn(C(C)C)c2)n1. The molecular weight excluding hydrogens is 208 g/mol. The van der Waals surface area contributed by atoms with Gasteiger partial charge in [-0.2, -0.15) is 5.10 Å².